The van der Waals surface area contributed by atoms with Crippen LogP contribution in [0.5, 0.6) is 0 Å². The Labute approximate surface area is 73.0 Å². The highest BCUT2D eigenvalue weighted by molar-refractivity contribution is 9.10. The molecule has 1 aromatic carbocycles. The minimum absolute atomic E-state index is 0.258. The highest BCUT2D eigenvalue weighted by atomic mass is 79.9. The number of aryl methyl sites for hydroxylation is 1. The van der Waals surface area contributed by atoms with Gasteiger partial charge in [-0.05, 0) is 24.6 Å². The van der Waals surface area contributed by atoms with E-state index in [1.165, 1.54) is 0 Å². The molecule has 1 nitrogen and oxygen atoms in total. The maximum absolute atomic E-state index is 13.0. The van der Waals surface area contributed by atoms with Gasteiger partial charge in [0.25, 0.3) is 0 Å². The summed E-state index contributed by atoms with van der Waals surface area (Å²) in [5.74, 6) is -0.323. The molecule has 1 N–H and O–H groups in total. The van der Waals surface area contributed by atoms with Crippen molar-refractivity contribution in [3.05, 3.63) is 33.5 Å². The molecule has 0 atom stereocenters. The van der Waals surface area contributed by atoms with Crippen molar-refractivity contribution in [1.82, 2.24) is 0 Å². The first kappa shape index (κ1) is 8.68. The average Bonchev–Trinajstić information content (AvgIpc) is 1.96. The maximum Gasteiger partial charge on any atom is 0.131 e. The van der Waals surface area contributed by atoms with E-state index in [2.05, 4.69) is 15.9 Å². The number of aliphatic hydroxyl groups excluding tert-OH is 1. The van der Waals surface area contributed by atoms with Gasteiger partial charge < -0.3 is 5.11 Å². The quantitative estimate of drug-likeness (QED) is 0.768. The normalized spacial score (nSPS) is 10.2. The van der Waals surface area contributed by atoms with Crippen LogP contribution in [0.4, 0.5) is 4.39 Å². The second-order valence-corrected chi connectivity index (χ2v) is 3.27. The van der Waals surface area contributed by atoms with Gasteiger partial charge in [0.05, 0.1) is 6.61 Å². The van der Waals surface area contributed by atoms with E-state index in [9.17, 15) is 4.39 Å². The Morgan fingerprint density at radius 3 is 2.73 bits per heavy atom. The largest absolute Gasteiger partial charge is 0.392 e. The van der Waals surface area contributed by atoms with Crippen molar-refractivity contribution < 1.29 is 9.50 Å². The molecule has 1 rings (SSSR count). The number of rotatable bonds is 1. The first-order valence-electron chi connectivity index (χ1n) is 3.20. The van der Waals surface area contributed by atoms with E-state index in [1.807, 2.05) is 0 Å². The van der Waals surface area contributed by atoms with Crippen LogP contribution >= 0.6 is 15.9 Å². The molecule has 11 heavy (non-hydrogen) atoms. The zero-order valence-electron chi connectivity index (χ0n) is 6.06. The van der Waals surface area contributed by atoms with E-state index >= 15 is 0 Å². The molecule has 0 aromatic heterocycles. The Morgan fingerprint density at radius 1 is 1.55 bits per heavy atom. The van der Waals surface area contributed by atoms with E-state index < -0.39 is 0 Å². The molecule has 0 unspecified atom stereocenters. The van der Waals surface area contributed by atoms with Crippen LogP contribution in [0.3, 0.4) is 0 Å². The van der Waals surface area contributed by atoms with Crippen LogP contribution in [0.25, 0.3) is 0 Å². The van der Waals surface area contributed by atoms with Crippen LogP contribution in [0.15, 0.2) is 16.6 Å². The fraction of sp³-hybridized carbons (Fsp3) is 0.250. The first-order valence-corrected chi connectivity index (χ1v) is 4.00. The van der Waals surface area contributed by atoms with Crippen LogP contribution in [-0.4, -0.2) is 5.11 Å². The molecule has 0 heterocycles. The van der Waals surface area contributed by atoms with Crippen molar-refractivity contribution in [3.8, 4) is 0 Å². The van der Waals surface area contributed by atoms with Gasteiger partial charge in [-0.3, -0.25) is 0 Å². The van der Waals surface area contributed by atoms with Gasteiger partial charge in [0.15, 0.2) is 0 Å². The predicted octanol–water partition coefficient (Wildman–Crippen LogP) is 2.39. The number of aliphatic hydroxyl groups is 1. The summed E-state index contributed by atoms with van der Waals surface area (Å²) in [5.41, 5.74) is 0.875. The topological polar surface area (TPSA) is 20.2 Å². The fourth-order valence-corrected chi connectivity index (χ4v) is 1.53. The Morgan fingerprint density at radius 2 is 2.18 bits per heavy atom. The molecule has 0 spiro atoms. The van der Waals surface area contributed by atoms with Gasteiger partial charge in [-0.15, -0.1) is 0 Å². The Kier molecular flexibility index (Phi) is 2.62. The molecule has 0 fully saturated rings. The SMILES string of the molecule is Cc1cc(Br)cc(CO)c1F. The van der Waals surface area contributed by atoms with Gasteiger partial charge in [-0.2, -0.15) is 0 Å². The smallest absolute Gasteiger partial charge is 0.131 e. The lowest BCUT2D eigenvalue weighted by Gasteiger charge is -2.02. The molecule has 0 aliphatic heterocycles. The van der Waals surface area contributed by atoms with E-state index in [4.69, 9.17) is 5.11 Å². The molecule has 0 saturated heterocycles. The van der Waals surface area contributed by atoms with Crippen molar-refractivity contribution in [2.45, 2.75) is 13.5 Å². The highest BCUT2D eigenvalue weighted by Crippen LogP contribution is 2.19. The molecule has 3 heteroatoms. The summed E-state index contributed by atoms with van der Waals surface area (Å²) in [6, 6.07) is 3.25. The summed E-state index contributed by atoms with van der Waals surface area (Å²) in [6.45, 7) is 1.41. The third-order valence-electron chi connectivity index (χ3n) is 1.46. The summed E-state index contributed by atoms with van der Waals surface area (Å²) in [6.07, 6.45) is 0. The summed E-state index contributed by atoms with van der Waals surface area (Å²) in [4.78, 5) is 0. The highest BCUT2D eigenvalue weighted by Gasteiger charge is 2.04. The van der Waals surface area contributed by atoms with Crippen LogP contribution in [0, 0.1) is 12.7 Å². The number of hydrogen-bond acceptors (Lipinski definition) is 1. The average molecular weight is 219 g/mol. The molecule has 0 aliphatic carbocycles. The summed E-state index contributed by atoms with van der Waals surface area (Å²) in [5, 5.41) is 8.71. The third-order valence-corrected chi connectivity index (χ3v) is 1.92. The first-order chi connectivity index (χ1) is 5.15. The standard InChI is InChI=1S/C8H8BrFO/c1-5-2-7(9)3-6(4-11)8(5)10/h2-3,11H,4H2,1H3. The second kappa shape index (κ2) is 3.32. The van der Waals surface area contributed by atoms with Gasteiger partial charge >= 0.3 is 0 Å². The van der Waals surface area contributed by atoms with Gasteiger partial charge in [0, 0.05) is 10.0 Å². The van der Waals surface area contributed by atoms with Crippen LogP contribution < -0.4 is 0 Å². The van der Waals surface area contributed by atoms with E-state index in [-0.39, 0.29) is 12.4 Å². The van der Waals surface area contributed by atoms with Crippen molar-refractivity contribution in [1.29, 1.82) is 0 Å². The Balaban J connectivity index is 3.24. The van der Waals surface area contributed by atoms with Gasteiger partial charge in [-0.25, -0.2) is 4.39 Å². The molecule has 0 radical (unpaired) electrons. The van der Waals surface area contributed by atoms with Gasteiger partial charge in [-0.1, -0.05) is 15.9 Å². The second-order valence-electron chi connectivity index (χ2n) is 2.35. The zero-order valence-corrected chi connectivity index (χ0v) is 7.65. The van der Waals surface area contributed by atoms with Crippen molar-refractivity contribution >= 4 is 15.9 Å². The third kappa shape index (κ3) is 1.79. The summed E-state index contributed by atoms with van der Waals surface area (Å²) >= 11 is 3.21. The molecular formula is C8H8BrFO. The summed E-state index contributed by atoms with van der Waals surface area (Å²) in [7, 11) is 0. The Hall–Kier alpha value is -0.410. The minimum atomic E-state index is -0.323. The monoisotopic (exact) mass is 218 g/mol. The number of halogens is 2. The number of benzene rings is 1. The molecule has 0 aliphatic rings. The lowest BCUT2D eigenvalue weighted by atomic mass is 10.1. The van der Waals surface area contributed by atoms with Crippen LogP contribution in [-0.2, 0) is 6.61 Å². The van der Waals surface area contributed by atoms with E-state index in [0.717, 1.165) is 4.47 Å². The molecular weight excluding hydrogens is 211 g/mol. The van der Waals surface area contributed by atoms with E-state index in [0.29, 0.717) is 11.1 Å². The predicted molar refractivity (Wildman–Crippen MR) is 44.8 cm³/mol. The fourth-order valence-electron chi connectivity index (χ4n) is 0.910. The van der Waals surface area contributed by atoms with Crippen LogP contribution in [0.1, 0.15) is 11.1 Å². The number of hydrogen-bond donors (Lipinski definition) is 1. The van der Waals surface area contributed by atoms with Gasteiger partial charge in [0.1, 0.15) is 5.82 Å². The lowest BCUT2D eigenvalue weighted by Crippen LogP contribution is -1.92. The van der Waals surface area contributed by atoms with Crippen molar-refractivity contribution in [2.24, 2.45) is 0 Å². The summed E-state index contributed by atoms with van der Waals surface area (Å²) < 4.78 is 13.8. The zero-order chi connectivity index (χ0) is 8.43. The molecule has 1 aromatic rings. The Bertz CT molecular complexity index is 273. The molecule has 0 amide bonds. The lowest BCUT2D eigenvalue weighted by molar-refractivity contribution is 0.275. The molecule has 0 saturated carbocycles. The van der Waals surface area contributed by atoms with Crippen LogP contribution in [0.2, 0.25) is 0 Å². The molecule has 60 valence electrons. The minimum Gasteiger partial charge on any atom is -0.392 e. The van der Waals surface area contributed by atoms with Crippen molar-refractivity contribution in [2.75, 3.05) is 0 Å². The van der Waals surface area contributed by atoms with Gasteiger partial charge in [0.2, 0.25) is 0 Å². The van der Waals surface area contributed by atoms with Crippen molar-refractivity contribution in [3.63, 3.8) is 0 Å². The van der Waals surface area contributed by atoms with E-state index in [1.54, 1.807) is 19.1 Å². The maximum atomic E-state index is 13.0. The molecule has 0 bridgehead atoms.